The first-order chi connectivity index (χ1) is 9.90. The number of hydrogen-bond acceptors (Lipinski definition) is 1. The van der Waals surface area contributed by atoms with Crippen molar-refractivity contribution in [2.75, 3.05) is 0 Å². The van der Waals surface area contributed by atoms with Crippen molar-refractivity contribution in [2.24, 2.45) is 0 Å². The maximum absolute atomic E-state index is 9.75. The maximum Gasteiger partial charge on any atom is 0.673 e. The Morgan fingerprint density at radius 3 is 1.52 bits per heavy atom. The molecule has 0 saturated heterocycles. The van der Waals surface area contributed by atoms with Gasteiger partial charge in [-0.25, -0.2) is 0 Å². The molecule has 0 spiro atoms. The Labute approximate surface area is 120 Å². The lowest BCUT2D eigenvalue weighted by Gasteiger charge is -1.97. The van der Waals surface area contributed by atoms with Crippen LogP contribution in [0.15, 0.2) is 54.6 Å². The van der Waals surface area contributed by atoms with E-state index in [0.717, 1.165) is 11.1 Å². The van der Waals surface area contributed by atoms with Gasteiger partial charge in [-0.3, -0.25) is 0 Å². The van der Waals surface area contributed by atoms with E-state index >= 15 is 0 Å². The minimum absolute atomic E-state index is 0.574. The molecule has 2 aromatic rings. The summed E-state index contributed by atoms with van der Waals surface area (Å²) in [7, 11) is -6.00. The third-order valence-corrected chi connectivity index (χ3v) is 2.09. The van der Waals surface area contributed by atoms with Crippen LogP contribution in [0, 0.1) is 18.2 Å². The van der Waals surface area contributed by atoms with Crippen molar-refractivity contribution in [1.82, 2.24) is 0 Å². The van der Waals surface area contributed by atoms with Crippen LogP contribution in [0.2, 0.25) is 0 Å². The molecule has 7 heteroatoms. The molecule has 2 nitrogen and oxygen atoms in total. The summed E-state index contributed by atoms with van der Waals surface area (Å²) < 4.78 is 39.0. The van der Waals surface area contributed by atoms with E-state index in [1.807, 2.05) is 42.5 Å². The van der Waals surface area contributed by atoms with Crippen LogP contribution in [0.1, 0.15) is 0 Å². The van der Waals surface area contributed by atoms with Gasteiger partial charge in [0.15, 0.2) is 4.98 Å². The van der Waals surface area contributed by atoms with E-state index in [1.165, 1.54) is 0 Å². The highest BCUT2D eigenvalue weighted by molar-refractivity contribution is 6.50. The summed E-state index contributed by atoms with van der Waals surface area (Å²) in [5, 5.41) is 8.52. The van der Waals surface area contributed by atoms with Gasteiger partial charge in [-0.2, -0.15) is 0 Å². The van der Waals surface area contributed by atoms with E-state index in [0.29, 0.717) is 5.69 Å². The predicted molar refractivity (Wildman–Crippen MR) is 76.7 cm³/mol. The highest BCUT2D eigenvalue weighted by atomic mass is 19.5. The molecule has 0 radical (unpaired) electrons. The summed E-state index contributed by atoms with van der Waals surface area (Å²) in [5.74, 6) is 0. The second-order valence-corrected chi connectivity index (χ2v) is 3.51. The average Bonchev–Trinajstić information content (AvgIpc) is 2.49. The van der Waals surface area contributed by atoms with Crippen LogP contribution in [0.5, 0.6) is 0 Å². The molecule has 21 heavy (non-hydrogen) atoms. The monoisotopic (exact) mass is 294 g/mol. The maximum atomic E-state index is 9.75. The minimum Gasteiger partial charge on any atom is -0.418 e. The molecule has 0 bridgehead atoms. The van der Waals surface area contributed by atoms with Crippen molar-refractivity contribution in [3.8, 4) is 24.0 Å². The molecule has 0 aliphatic carbocycles. The summed E-state index contributed by atoms with van der Waals surface area (Å²) in [6, 6.07) is 17.5. The molecule has 0 aromatic heterocycles. The first kappa shape index (κ1) is 18.2. The molecule has 0 heterocycles. The number of terminal acetylenes is 1. The van der Waals surface area contributed by atoms with E-state index in [2.05, 4.69) is 17.8 Å². The molecule has 0 N–H and O–H groups in total. The normalized spacial score (nSPS) is 9.19. The fourth-order valence-corrected chi connectivity index (χ4v) is 1.35. The number of diazo groups is 1. The molecule has 0 fully saturated rings. The Morgan fingerprint density at radius 2 is 1.14 bits per heavy atom. The Hall–Kier alpha value is -2.80. The Kier molecular flexibility index (Phi) is 7.94. The lowest BCUT2D eigenvalue weighted by atomic mass is 10.1. The van der Waals surface area contributed by atoms with E-state index in [1.54, 1.807) is 12.1 Å². The third kappa shape index (κ3) is 8.85. The average molecular weight is 294 g/mol. The quantitative estimate of drug-likeness (QED) is 0.300. The lowest BCUT2D eigenvalue weighted by molar-refractivity contribution is 0.368. The zero-order valence-corrected chi connectivity index (χ0v) is 10.8. The molecule has 0 unspecified atom stereocenters. The van der Waals surface area contributed by atoms with Crippen molar-refractivity contribution < 1.29 is 17.3 Å². The largest absolute Gasteiger partial charge is 0.673 e. The summed E-state index contributed by atoms with van der Waals surface area (Å²) >= 11 is 0. The summed E-state index contributed by atoms with van der Waals surface area (Å²) in [4.78, 5) is 3.11. The van der Waals surface area contributed by atoms with E-state index < -0.39 is 7.25 Å². The molecule has 0 saturated carbocycles. The van der Waals surface area contributed by atoms with Crippen LogP contribution in [0.3, 0.4) is 0 Å². The first-order valence-corrected chi connectivity index (χ1v) is 5.61. The Balaban J connectivity index is 0.000000489. The van der Waals surface area contributed by atoms with Crippen LogP contribution in [-0.4, -0.2) is 7.25 Å². The van der Waals surface area contributed by atoms with Crippen molar-refractivity contribution in [1.29, 1.82) is 5.39 Å². The minimum atomic E-state index is -6.00. The topological polar surface area (TPSA) is 28.1 Å². The van der Waals surface area contributed by atoms with Crippen LogP contribution >= 0.6 is 0 Å². The first-order valence-electron chi connectivity index (χ1n) is 5.61. The molecular formula is C14H11BF4N2. The Bertz CT molecular complexity index is 580. The molecule has 2 aromatic carbocycles. The number of hydrogen-bond donors (Lipinski definition) is 0. The molecule has 0 aliphatic heterocycles. The van der Waals surface area contributed by atoms with Crippen LogP contribution in [0.4, 0.5) is 23.0 Å². The fourth-order valence-electron chi connectivity index (χ4n) is 1.35. The van der Waals surface area contributed by atoms with Gasteiger partial charge in [0.1, 0.15) is 0 Å². The highest BCUT2D eigenvalue weighted by Gasteiger charge is 2.20. The van der Waals surface area contributed by atoms with Gasteiger partial charge >= 0.3 is 12.9 Å². The van der Waals surface area contributed by atoms with E-state index in [9.17, 15) is 17.3 Å². The van der Waals surface area contributed by atoms with E-state index in [4.69, 9.17) is 5.39 Å². The van der Waals surface area contributed by atoms with Crippen molar-refractivity contribution in [3.63, 3.8) is 0 Å². The van der Waals surface area contributed by atoms with Gasteiger partial charge in [-0.1, -0.05) is 30.3 Å². The van der Waals surface area contributed by atoms with Crippen LogP contribution in [0.25, 0.3) is 16.1 Å². The fraction of sp³-hybridized carbons (Fsp3) is 0. The molecule has 108 valence electrons. The Morgan fingerprint density at radius 1 is 0.762 bits per heavy atom. The van der Waals surface area contributed by atoms with Gasteiger partial charge in [-0.05, 0) is 23.3 Å². The van der Waals surface area contributed by atoms with Gasteiger partial charge in [-0.15, -0.1) is 12.8 Å². The highest BCUT2D eigenvalue weighted by Crippen LogP contribution is 2.21. The van der Waals surface area contributed by atoms with Crippen LogP contribution in [-0.2, 0) is 0 Å². The molecular weight excluding hydrogens is 283 g/mol. The molecule has 0 amide bonds. The number of benzene rings is 2. The van der Waals surface area contributed by atoms with Crippen molar-refractivity contribution in [3.05, 3.63) is 59.6 Å². The molecule has 0 atom stereocenters. The zero-order valence-electron chi connectivity index (χ0n) is 10.8. The smallest absolute Gasteiger partial charge is 0.418 e. The van der Waals surface area contributed by atoms with Crippen LogP contribution < -0.4 is 0 Å². The zero-order chi connectivity index (χ0) is 16.3. The summed E-state index contributed by atoms with van der Waals surface area (Å²) in [6.07, 6.45) is 8.00. The van der Waals surface area contributed by atoms with Gasteiger partial charge in [0.25, 0.3) is 0 Å². The third-order valence-electron chi connectivity index (χ3n) is 2.09. The molecule has 2 rings (SSSR count). The number of halogens is 4. The second-order valence-electron chi connectivity index (χ2n) is 3.51. The predicted octanol–water partition coefficient (Wildman–Crippen LogP) is 5.39. The summed E-state index contributed by atoms with van der Waals surface area (Å²) in [6.45, 7) is 0. The van der Waals surface area contributed by atoms with Gasteiger partial charge < -0.3 is 17.3 Å². The number of nitrogens with zero attached hydrogens (tertiary/aromatic N) is 2. The molecule has 0 aliphatic rings. The standard InChI is InChI=1S/C12H9N2.C2H2.BF4/c13-14-12-8-6-11(7-9-12)10-4-2-1-3-5-10;1-2;2-1(3,4)5/h1-9H;1-2H;/q+1;;-1. The SMILES string of the molecule is C#C.F[B-](F)(F)F.N#[N+]c1ccc(-c2ccccc2)cc1. The van der Waals surface area contributed by atoms with Crippen molar-refractivity contribution in [2.45, 2.75) is 0 Å². The van der Waals surface area contributed by atoms with Crippen molar-refractivity contribution >= 4 is 12.9 Å². The number of rotatable bonds is 1. The summed E-state index contributed by atoms with van der Waals surface area (Å²) in [5.41, 5.74) is 2.86. The second kappa shape index (κ2) is 9.16. The lowest BCUT2D eigenvalue weighted by Crippen LogP contribution is -2.02. The van der Waals surface area contributed by atoms with Gasteiger partial charge in [0, 0.05) is 12.1 Å². The van der Waals surface area contributed by atoms with Gasteiger partial charge in [0.2, 0.25) is 5.39 Å². The van der Waals surface area contributed by atoms with Gasteiger partial charge in [0.05, 0.1) is 0 Å². The van der Waals surface area contributed by atoms with E-state index in [-0.39, 0.29) is 0 Å².